The van der Waals surface area contributed by atoms with Crippen molar-refractivity contribution in [2.45, 2.75) is 25.8 Å². The average molecular weight is 286 g/mol. The third-order valence-electron chi connectivity index (χ3n) is 2.68. The van der Waals surface area contributed by atoms with Crippen LogP contribution in [0.2, 0.25) is 0 Å². The fourth-order valence-electron chi connectivity index (χ4n) is 1.73. The Labute approximate surface area is 104 Å². The summed E-state index contributed by atoms with van der Waals surface area (Å²) in [6.45, 7) is 3.32. The molecule has 1 aliphatic rings. The Kier molecular flexibility index (Phi) is 3.71. The molecule has 1 aromatic rings. The minimum Gasteiger partial charge on any atom is -0.486 e. The van der Waals surface area contributed by atoms with Crippen molar-refractivity contribution in [3.8, 4) is 11.5 Å². The van der Waals surface area contributed by atoms with Crippen LogP contribution in [0.1, 0.15) is 18.9 Å². The molecule has 0 aromatic heterocycles. The van der Waals surface area contributed by atoms with Crippen LogP contribution in [0.15, 0.2) is 16.6 Å². The number of rotatable bonds is 3. The van der Waals surface area contributed by atoms with Crippen molar-refractivity contribution in [1.29, 1.82) is 0 Å². The molecule has 2 N–H and O–H groups in total. The first kappa shape index (κ1) is 11.7. The van der Waals surface area contributed by atoms with Gasteiger partial charge in [-0.15, -0.1) is 0 Å². The topological polar surface area (TPSA) is 44.5 Å². The van der Waals surface area contributed by atoms with Crippen LogP contribution in [-0.4, -0.2) is 19.3 Å². The molecule has 0 bridgehead atoms. The van der Waals surface area contributed by atoms with E-state index in [4.69, 9.17) is 15.2 Å². The van der Waals surface area contributed by atoms with Gasteiger partial charge in [0.15, 0.2) is 11.5 Å². The Morgan fingerprint density at radius 3 is 2.88 bits per heavy atom. The summed E-state index contributed by atoms with van der Waals surface area (Å²) in [6, 6.07) is 4.28. The van der Waals surface area contributed by atoms with Gasteiger partial charge in [0.25, 0.3) is 0 Å². The molecule has 1 heterocycles. The molecule has 0 radical (unpaired) electrons. The zero-order valence-corrected chi connectivity index (χ0v) is 10.9. The Hall–Kier alpha value is -0.740. The van der Waals surface area contributed by atoms with Crippen molar-refractivity contribution < 1.29 is 9.47 Å². The lowest BCUT2D eigenvalue weighted by atomic mass is 10.0. The standard InChI is InChI=1S/C12H16BrNO2/c1-2-9(14)5-8-6-10(13)12-11(7-8)15-3-4-16-12/h6-7,9H,2-5,14H2,1H3. The molecule has 0 amide bonds. The van der Waals surface area contributed by atoms with E-state index in [1.165, 1.54) is 5.56 Å². The summed E-state index contributed by atoms with van der Waals surface area (Å²) < 4.78 is 12.0. The zero-order chi connectivity index (χ0) is 11.5. The predicted octanol–water partition coefficient (Wildman–Crippen LogP) is 2.50. The van der Waals surface area contributed by atoms with E-state index >= 15 is 0 Å². The maximum atomic E-state index is 5.94. The third kappa shape index (κ3) is 2.50. The van der Waals surface area contributed by atoms with Gasteiger partial charge >= 0.3 is 0 Å². The van der Waals surface area contributed by atoms with E-state index in [2.05, 4.69) is 28.9 Å². The molecule has 0 fully saturated rings. The molecule has 1 aromatic carbocycles. The highest BCUT2D eigenvalue weighted by Crippen LogP contribution is 2.38. The molecule has 1 atom stereocenters. The molecule has 3 nitrogen and oxygen atoms in total. The molecule has 0 saturated carbocycles. The molecular weight excluding hydrogens is 270 g/mol. The summed E-state index contributed by atoms with van der Waals surface area (Å²) in [4.78, 5) is 0. The van der Waals surface area contributed by atoms with Gasteiger partial charge in [-0.05, 0) is 46.5 Å². The van der Waals surface area contributed by atoms with Crippen molar-refractivity contribution in [3.05, 3.63) is 22.2 Å². The first-order valence-electron chi connectivity index (χ1n) is 5.54. The van der Waals surface area contributed by atoms with E-state index in [9.17, 15) is 0 Å². The largest absolute Gasteiger partial charge is 0.486 e. The summed E-state index contributed by atoms with van der Waals surface area (Å²) in [7, 11) is 0. The second-order valence-corrected chi connectivity index (χ2v) is 4.83. The van der Waals surface area contributed by atoms with Gasteiger partial charge in [0.1, 0.15) is 13.2 Å². The summed E-state index contributed by atoms with van der Waals surface area (Å²) in [5.41, 5.74) is 7.13. The normalized spacial score (nSPS) is 15.9. The molecule has 4 heteroatoms. The minimum atomic E-state index is 0.203. The monoisotopic (exact) mass is 285 g/mol. The van der Waals surface area contributed by atoms with Gasteiger partial charge in [0, 0.05) is 6.04 Å². The Morgan fingerprint density at radius 1 is 1.38 bits per heavy atom. The number of ether oxygens (including phenoxy) is 2. The van der Waals surface area contributed by atoms with Crippen LogP contribution in [0.5, 0.6) is 11.5 Å². The van der Waals surface area contributed by atoms with Crippen molar-refractivity contribution in [3.63, 3.8) is 0 Å². The number of hydrogen-bond acceptors (Lipinski definition) is 3. The Morgan fingerprint density at radius 2 is 2.12 bits per heavy atom. The molecular formula is C12H16BrNO2. The zero-order valence-electron chi connectivity index (χ0n) is 9.33. The van der Waals surface area contributed by atoms with Gasteiger partial charge in [-0.3, -0.25) is 0 Å². The van der Waals surface area contributed by atoms with Gasteiger partial charge in [0.05, 0.1) is 4.47 Å². The van der Waals surface area contributed by atoms with Crippen LogP contribution >= 0.6 is 15.9 Å². The lowest BCUT2D eigenvalue weighted by Crippen LogP contribution is -2.22. The van der Waals surface area contributed by atoms with Crippen molar-refractivity contribution in [1.82, 2.24) is 0 Å². The summed E-state index contributed by atoms with van der Waals surface area (Å²) in [5.74, 6) is 1.62. The van der Waals surface area contributed by atoms with Crippen LogP contribution in [0.25, 0.3) is 0 Å². The van der Waals surface area contributed by atoms with Crippen molar-refractivity contribution in [2.24, 2.45) is 5.73 Å². The number of benzene rings is 1. The highest BCUT2D eigenvalue weighted by Gasteiger charge is 2.16. The highest BCUT2D eigenvalue weighted by atomic mass is 79.9. The first-order chi connectivity index (χ1) is 7.70. The minimum absolute atomic E-state index is 0.203. The Balaban J connectivity index is 2.24. The SMILES string of the molecule is CCC(N)Cc1cc(Br)c2c(c1)OCCO2. The maximum absolute atomic E-state index is 5.94. The molecule has 0 saturated heterocycles. The second kappa shape index (κ2) is 5.06. The molecule has 1 unspecified atom stereocenters. The van der Waals surface area contributed by atoms with E-state index in [-0.39, 0.29) is 6.04 Å². The van der Waals surface area contributed by atoms with Gasteiger partial charge in [0.2, 0.25) is 0 Å². The van der Waals surface area contributed by atoms with Crippen LogP contribution in [0.4, 0.5) is 0 Å². The number of fused-ring (bicyclic) bond motifs is 1. The van der Waals surface area contributed by atoms with Crippen LogP contribution in [0, 0.1) is 0 Å². The highest BCUT2D eigenvalue weighted by molar-refractivity contribution is 9.10. The van der Waals surface area contributed by atoms with Gasteiger partial charge < -0.3 is 15.2 Å². The van der Waals surface area contributed by atoms with Crippen LogP contribution in [0.3, 0.4) is 0 Å². The summed E-state index contributed by atoms with van der Waals surface area (Å²) in [6.07, 6.45) is 1.85. The average Bonchev–Trinajstić information content (AvgIpc) is 2.29. The Bertz CT molecular complexity index is 382. The van der Waals surface area contributed by atoms with Gasteiger partial charge in [-0.1, -0.05) is 6.92 Å². The van der Waals surface area contributed by atoms with Gasteiger partial charge in [-0.25, -0.2) is 0 Å². The smallest absolute Gasteiger partial charge is 0.175 e. The molecule has 2 rings (SSSR count). The van der Waals surface area contributed by atoms with E-state index in [1.54, 1.807) is 0 Å². The van der Waals surface area contributed by atoms with Gasteiger partial charge in [-0.2, -0.15) is 0 Å². The van der Waals surface area contributed by atoms with E-state index in [0.717, 1.165) is 28.8 Å². The number of hydrogen-bond donors (Lipinski definition) is 1. The molecule has 1 aliphatic heterocycles. The predicted molar refractivity (Wildman–Crippen MR) is 67.1 cm³/mol. The fraction of sp³-hybridized carbons (Fsp3) is 0.500. The number of nitrogens with two attached hydrogens (primary N) is 1. The third-order valence-corrected chi connectivity index (χ3v) is 3.27. The molecule has 88 valence electrons. The van der Waals surface area contributed by atoms with Crippen molar-refractivity contribution in [2.75, 3.05) is 13.2 Å². The van der Waals surface area contributed by atoms with E-state index < -0.39 is 0 Å². The molecule has 0 spiro atoms. The van der Waals surface area contributed by atoms with Crippen LogP contribution < -0.4 is 15.2 Å². The number of halogens is 1. The lowest BCUT2D eigenvalue weighted by Gasteiger charge is -2.21. The van der Waals surface area contributed by atoms with E-state index in [0.29, 0.717) is 13.2 Å². The van der Waals surface area contributed by atoms with E-state index in [1.807, 2.05) is 6.07 Å². The summed E-state index contributed by atoms with van der Waals surface area (Å²) in [5, 5.41) is 0. The quantitative estimate of drug-likeness (QED) is 0.928. The fourth-order valence-corrected chi connectivity index (χ4v) is 2.33. The van der Waals surface area contributed by atoms with Crippen molar-refractivity contribution >= 4 is 15.9 Å². The lowest BCUT2D eigenvalue weighted by molar-refractivity contribution is 0.170. The first-order valence-corrected chi connectivity index (χ1v) is 6.33. The maximum Gasteiger partial charge on any atom is 0.175 e. The second-order valence-electron chi connectivity index (χ2n) is 3.97. The molecule has 16 heavy (non-hydrogen) atoms. The van der Waals surface area contributed by atoms with Crippen LogP contribution in [-0.2, 0) is 6.42 Å². The summed E-state index contributed by atoms with van der Waals surface area (Å²) >= 11 is 3.50. The molecule has 0 aliphatic carbocycles.